The number of anilines is 1. The molecule has 2 rings (SSSR count). The Labute approximate surface area is 147 Å². The molecule has 1 fully saturated rings. The van der Waals surface area contributed by atoms with Crippen molar-refractivity contribution in [2.45, 2.75) is 46.1 Å². The summed E-state index contributed by atoms with van der Waals surface area (Å²) in [5.74, 6) is 0.455. The maximum atomic E-state index is 12.2. The third-order valence-electron chi connectivity index (χ3n) is 3.94. The molecule has 1 amide bonds. The SMILES string of the molecule is Cc1ccc(NCC2CCCN(C(=O)OC(C)(C)C)C2)cc1Br. The lowest BCUT2D eigenvalue weighted by molar-refractivity contribution is 0.0172. The lowest BCUT2D eigenvalue weighted by Gasteiger charge is -2.34. The van der Waals surface area contributed by atoms with Crippen LogP contribution in [0.2, 0.25) is 0 Å². The minimum Gasteiger partial charge on any atom is -0.444 e. The molecule has 0 bridgehead atoms. The van der Waals surface area contributed by atoms with Gasteiger partial charge in [0, 0.05) is 29.8 Å². The molecule has 1 aromatic carbocycles. The van der Waals surface area contributed by atoms with Crippen LogP contribution in [-0.2, 0) is 4.74 Å². The van der Waals surface area contributed by atoms with Gasteiger partial charge in [-0.05, 0) is 64.2 Å². The predicted octanol–water partition coefficient (Wildman–Crippen LogP) is 4.82. The zero-order chi connectivity index (χ0) is 17.0. The molecule has 1 saturated heterocycles. The molecular formula is C18H27BrN2O2. The third kappa shape index (κ3) is 5.72. The van der Waals surface area contributed by atoms with E-state index in [4.69, 9.17) is 4.74 Å². The molecule has 0 aromatic heterocycles. The molecule has 128 valence electrons. The van der Waals surface area contributed by atoms with Crippen LogP contribution in [0.15, 0.2) is 22.7 Å². The van der Waals surface area contributed by atoms with Gasteiger partial charge in [0.2, 0.25) is 0 Å². The van der Waals surface area contributed by atoms with Crippen LogP contribution < -0.4 is 5.32 Å². The van der Waals surface area contributed by atoms with E-state index < -0.39 is 5.60 Å². The number of halogens is 1. The molecule has 23 heavy (non-hydrogen) atoms. The maximum absolute atomic E-state index is 12.2. The van der Waals surface area contributed by atoms with E-state index in [9.17, 15) is 4.79 Å². The Morgan fingerprint density at radius 1 is 1.43 bits per heavy atom. The second kappa shape index (κ2) is 7.56. The Morgan fingerprint density at radius 3 is 2.83 bits per heavy atom. The standard InChI is InChI=1S/C18H27BrN2O2/c1-13-7-8-15(10-16(13)19)20-11-14-6-5-9-21(12-14)17(22)23-18(2,3)4/h7-8,10,14,20H,5-6,9,11-12H2,1-4H3. The lowest BCUT2D eigenvalue weighted by Crippen LogP contribution is -2.44. The highest BCUT2D eigenvalue weighted by molar-refractivity contribution is 9.10. The number of aryl methyl sites for hydroxylation is 1. The van der Waals surface area contributed by atoms with Gasteiger partial charge < -0.3 is 15.0 Å². The number of likely N-dealkylation sites (tertiary alicyclic amines) is 1. The van der Waals surface area contributed by atoms with E-state index in [-0.39, 0.29) is 6.09 Å². The largest absolute Gasteiger partial charge is 0.444 e. The minimum absolute atomic E-state index is 0.194. The third-order valence-corrected chi connectivity index (χ3v) is 4.79. The summed E-state index contributed by atoms with van der Waals surface area (Å²) in [4.78, 5) is 14.0. The summed E-state index contributed by atoms with van der Waals surface area (Å²) in [5.41, 5.74) is 1.90. The molecule has 1 atom stereocenters. The van der Waals surface area contributed by atoms with Gasteiger partial charge in [0.05, 0.1) is 0 Å². The summed E-state index contributed by atoms with van der Waals surface area (Å²) in [6.07, 6.45) is 1.97. The van der Waals surface area contributed by atoms with Crippen LogP contribution in [0.25, 0.3) is 0 Å². The first kappa shape index (κ1) is 18.1. The Morgan fingerprint density at radius 2 is 2.17 bits per heavy atom. The van der Waals surface area contributed by atoms with Crippen LogP contribution in [0.1, 0.15) is 39.2 Å². The molecule has 0 radical (unpaired) electrons. The molecule has 1 heterocycles. The summed E-state index contributed by atoms with van der Waals surface area (Å²) in [7, 11) is 0. The lowest BCUT2D eigenvalue weighted by atomic mass is 9.98. The Balaban J connectivity index is 1.86. The van der Waals surface area contributed by atoms with Crippen LogP contribution in [0, 0.1) is 12.8 Å². The fourth-order valence-electron chi connectivity index (χ4n) is 2.69. The number of rotatable bonds is 3. The summed E-state index contributed by atoms with van der Waals surface area (Å²) in [5, 5.41) is 3.48. The highest BCUT2D eigenvalue weighted by Crippen LogP contribution is 2.23. The molecule has 5 heteroatoms. The fraction of sp³-hybridized carbons (Fsp3) is 0.611. The number of nitrogens with zero attached hydrogens (tertiary/aromatic N) is 1. The summed E-state index contributed by atoms with van der Waals surface area (Å²) in [6, 6.07) is 6.29. The summed E-state index contributed by atoms with van der Waals surface area (Å²) >= 11 is 3.56. The van der Waals surface area contributed by atoms with E-state index in [2.05, 4.69) is 46.4 Å². The van der Waals surface area contributed by atoms with E-state index in [0.29, 0.717) is 5.92 Å². The molecular weight excluding hydrogens is 356 g/mol. The van der Waals surface area contributed by atoms with Crippen LogP contribution in [0.4, 0.5) is 10.5 Å². The Kier molecular flexibility index (Phi) is 5.95. The number of carbonyl (C=O) groups excluding carboxylic acids is 1. The molecule has 0 aliphatic carbocycles. The molecule has 1 N–H and O–H groups in total. The van der Waals surface area contributed by atoms with Gasteiger partial charge in [0.1, 0.15) is 5.60 Å². The van der Waals surface area contributed by atoms with Crippen molar-refractivity contribution in [3.8, 4) is 0 Å². The van der Waals surface area contributed by atoms with Crippen molar-refractivity contribution in [2.24, 2.45) is 5.92 Å². The molecule has 1 unspecified atom stereocenters. The van der Waals surface area contributed by atoms with Gasteiger partial charge in [-0.25, -0.2) is 4.79 Å². The van der Waals surface area contributed by atoms with Crippen molar-refractivity contribution in [1.82, 2.24) is 4.90 Å². The monoisotopic (exact) mass is 382 g/mol. The molecule has 1 aliphatic rings. The first-order chi connectivity index (χ1) is 10.7. The van der Waals surface area contributed by atoms with Gasteiger partial charge in [0.25, 0.3) is 0 Å². The van der Waals surface area contributed by atoms with Gasteiger partial charge in [0.15, 0.2) is 0 Å². The smallest absolute Gasteiger partial charge is 0.410 e. The first-order valence-corrected chi connectivity index (χ1v) is 9.02. The van der Waals surface area contributed by atoms with Crippen molar-refractivity contribution in [3.63, 3.8) is 0 Å². The zero-order valence-corrected chi connectivity index (χ0v) is 16.1. The van der Waals surface area contributed by atoms with Crippen molar-refractivity contribution < 1.29 is 9.53 Å². The van der Waals surface area contributed by atoms with E-state index >= 15 is 0 Å². The van der Waals surface area contributed by atoms with E-state index in [1.807, 2.05) is 25.7 Å². The Bertz CT molecular complexity index is 554. The highest BCUT2D eigenvalue weighted by Gasteiger charge is 2.27. The fourth-order valence-corrected chi connectivity index (χ4v) is 3.07. The number of hydrogen-bond acceptors (Lipinski definition) is 3. The van der Waals surface area contributed by atoms with Gasteiger partial charge in [-0.3, -0.25) is 0 Å². The van der Waals surface area contributed by atoms with Gasteiger partial charge in [-0.1, -0.05) is 22.0 Å². The van der Waals surface area contributed by atoms with Crippen molar-refractivity contribution in [1.29, 1.82) is 0 Å². The van der Waals surface area contributed by atoms with Crippen LogP contribution >= 0.6 is 15.9 Å². The minimum atomic E-state index is -0.434. The van der Waals surface area contributed by atoms with Gasteiger partial charge >= 0.3 is 6.09 Å². The molecule has 1 aromatic rings. The molecule has 0 saturated carbocycles. The predicted molar refractivity (Wildman–Crippen MR) is 97.9 cm³/mol. The normalized spacial score (nSPS) is 18.7. The van der Waals surface area contributed by atoms with Crippen molar-refractivity contribution >= 4 is 27.7 Å². The number of amides is 1. The van der Waals surface area contributed by atoms with E-state index in [1.165, 1.54) is 5.56 Å². The number of ether oxygens (including phenoxy) is 1. The summed E-state index contributed by atoms with van der Waals surface area (Å²) < 4.78 is 6.59. The Hall–Kier alpha value is -1.23. The van der Waals surface area contributed by atoms with E-state index in [1.54, 1.807) is 0 Å². The number of nitrogens with one attached hydrogen (secondary N) is 1. The molecule has 4 nitrogen and oxygen atoms in total. The molecule has 1 aliphatic heterocycles. The highest BCUT2D eigenvalue weighted by atomic mass is 79.9. The number of benzene rings is 1. The maximum Gasteiger partial charge on any atom is 0.410 e. The van der Waals surface area contributed by atoms with Crippen LogP contribution in [-0.4, -0.2) is 36.2 Å². The van der Waals surface area contributed by atoms with Crippen LogP contribution in [0.5, 0.6) is 0 Å². The van der Waals surface area contributed by atoms with E-state index in [0.717, 1.165) is 42.6 Å². The summed E-state index contributed by atoms with van der Waals surface area (Å²) in [6.45, 7) is 10.2. The number of hydrogen-bond donors (Lipinski definition) is 1. The van der Waals surface area contributed by atoms with Crippen molar-refractivity contribution in [2.75, 3.05) is 25.0 Å². The number of piperidine rings is 1. The average molecular weight is 383 g/mol. The first-order valence-electron chi connectivity index (χ1n) is 8.22. The zero-order valence-electron chi connectivity index (χ0n) is 14.5. The quantitative estimate of drug-likeness (QED) is 0.814. The average Bonchev–Trinajstić information content (AvgIpc) is 2.47. The molecule has 0 spiro atoms. The van der Waals surface area contributed by atoms with Gasteiger partial charge in [-0.2, -0.15) is 0 Å². The second-order valence-electron chi connectivity index (χ2n) is 7.28. The van der Waals surface area contributed by atoms with Crippen molar-refractivity contribution in [3.05, 3.63) is 28.2 Å². The van der Waals surface area contributed by atoms with Gasteiger partial charge in [-0.15, -0.1) is 0 Å². The topological polar surface area (TPSA) is 41.6 Å². The number of carbonyl (C=O) groups is 1. The van der Waals surface area contributed by atoms with Crippen LogP contribution in [0.3, 0.4) is 0 Å². The second-order valence-corrected chi connectivity index (χ2v) is 8.13.